The summed E-state index contributed by atoms with van der Waals surface area (Å²) in [6, 6.07) is 8.37. The molecule has 8 heteroatoms. The molecule has 6 nitrogen and oxygen atoms in total. The van der Waals surface area contributed by atoms with E-state index in [9.17, 15) is 9.90 Å². The highest BCUT2D eigenvalue weighted by atomic mass is 79.9. The van der Waals surface area contributed by atoms with Crippen molar-refractivity contribution in [2.45, 2.75) is 6.92 Å². The fourth-order valence-electron chi connectivity index (χ4n) is 1.95. The number of nitrogens with zero attached hydrogens (tertiary/aromatic N) is 1. The van der Waals surface area contributed by atoms with Crippen LogP contribution in [0.1, 0.15) is 11.1 Å². The van der Waals surface area contributed by atoms with Crippen LogP contribution in [0.3, 0.4) is 0 Å². The van der Waals surface area contributed by atoms with Crippen LogP contribution < -0.4 is 14.9 Å². The lowest BCUT2D eigenvalue weighted by Crippen LogP contribution is -2.24. The minimum atomic E-state index is -0.407. The molecule has 0 radical (unpaired) electrons. The van der Waals surface area contributed by atoms with E-state index in [4.69, 9.17) is 21.1 Å². The SMILES string of the molecule is COc1cc(C=NNC(=O)COc2ccc(Cl)cc2C)cc(Br)c1O. The number of hydrazone groups is 1. The molecule has 1 amide bonds. The van der Waals surface area contributed by atoms with Gasteiger partial charge in [0.1, 0.15) is 5.75 Å². The fourth-order valence-corrected chi connectivity index (χ4v) is 2.64. The minimum Gasteiger partial charge on any atom is -0.503 e. The van der Waals surface area contributed by atoms with Crippen molar-refractivity contribution in [3.63, 3.8) is 0 Å². The van der Waals surface area contributed by atoms with Crippen molar-refractivity contribution in [3.05, 3.63) is 51.0 Å². The van der Waals surface area contributed by atoms with Crippen molar-refractivity contribution in [3.8, 4) is 17.2 Å². The molecule has 0 aliphatic rings. The van der Waals surface area contributed by atoms with Crippen LogP contribution in [-0.4, -0.2) is 30.9 Å². The van der Waals surface area contributed by atoms with Crippen molar-refractivity contribution >= 4 is 39.7 Å². The molecule has 0 aromatic heterocycles. The van der Waals surface area contributed by atoms with Gasteiger partial charge in [-0.2, -0.15) is 5.10 Å². The molecule has 25 heavy (non-hydrogen) atoms. The molecular weight excluding hydrogens is 412 g/mol. The maximum Gasteiger partial charge on any atom is 0.277 e. The summed E-state index contributed by atoms with van der Waals surface area (Å²) in [5.74, 6) is 0.463. The number of aromatic hydroxyl groups is 1. The number of amides is 1. The predicted molar refractivity (Wildman–Crippen MR) is 99.8 cm³/mol. The molecule has 0 atom stereocenters. The zero-order valence-corrected chi connectivity index (χ0v) is 15.9. The summed E-state index contributed by atoms with van der Waals surface area (Å²) in [7, 11) is 1.44. The second-order valence-electron chi connectivity index (χ2n) is 5.05. The van der Waals surface area contributed by atoms with Crippen molar-refractivity contribution in [1.82, 2.24) is 5.43 Å². The Labute approximate surface area is 158 Å². The second kappa shape index (κ2) is 8.73. The fraction of sp³-hybridized carbons (Fsp3) is 0.176. The number of nitrogens with one attached hydrogen (secondary N) is 1. The Kier molecular flexibility index (Phi) is 6.66. The maximum atomic E-state index is 11.8. The molecule has 0 spiro atoms. The monoisotopic (exact) mass is 426 g/mol. The number of carbonyl (C=O) groups is 1. The molecular formula is C17H16BrClN2O4. The first-order valence-corrected chi connectivity index (χ1v) is 8.35. The third kappa shape index (κ3) is 5.37. The van der Waals surface area contributed by atoms with Gasteiger partial charge in [-0.15, -0.1) is 0 Å². The maximum absolute atomic E-state index is 11.8. The summed E-state index contributed by atoms with van der Waals surface area (Å²) in [6.07, 6.45) is 1.43. The van der Waals surface area contributed by atoms with Crippen molar-refractivity contribution < 1.29 is 19.4 Å². The Balaban J connectivity index is 1.91. The Bertz CT molecular complexity index is 811. The number of hydrogen-bond acceptors (Lipinski definition) is 5. The second-order valence-corrected chi connectivity index (χ2v) is 6.34. The highest BCUT2D eigenvalue weighted by Gasteiger charge is 2.08. The lowest BCUT2D eigenvalue weighted by atomic mass is 10.2. The molecule has 0 fully saturated rings. The number of hydrogen-bond donors (Lipinski definition) is 2. The summed E-state index contributed by atoms with van der Waals surface area (Å²) in [6.45, 7) is 1.66. The lowest BCUT2D eigenvalue weighted by molar-refractivity contribution is -0.123. The summed E-state index contributed by atoms with van der Waals surface area (Å²) in [5.41, 5.74) is 3.84. The van der Waals surface area contributed by atoms with Crippen LogP contribution in [0.25, 0.3) is 0 Å². The number of ether oxygens (including phenoxy) is 2. The Hall–Kier alpha value is -2.25. The summed E-state index contributed by atoms with van der Waals surface area (Å²) >= 11 is 9.08. The first-order valence-electron chi connectivity index (χ1n) is 7.18. The van der Waals surface area contributed by atoms with Crippen molar-refractivity contribution in [2.75, 3.05) is 13.7 Å². The van der Waals surface area contributed by atoms with Crippen LogP contribution in [0.15, 0.2) is 39.9 Å². The van der Waals surface area contributed by atoms with E-state index in [1.165, 1.54) is 13.3 Å². The van der Waals surface area contributed by atoms with Crippen LogP contribution in [0.2, 0.25) is 5.02 Å². The molecule has 2 N–H and O–H groups in total. The van der Waals surface area contributed by atoms with Gasteiger partial charge in [-0.25, -0.2) is 5.43 Å². The van der Waals surface area contributed by atoms with Gasteiger partial charge in [0.25, 0.3) is 5.91 Å². The van der Waals surface area contributed by atoms with Crippen LogP contribution in [0.5, 0.6) is 17.2 Å². The van der Waals surface area contributed by atoms with Gasteiger partial charge in [0.2, 0.25) is 0 Å². The summed E-state index contributed by atoms with van der Waals surface area (Å²) in [5, 5.41) is 14.2. The zero-order valence-electron chi connectivity index (χ0n) is 13.5. The molecule has 2 rings (SSSR count). The number of methoxy groups -OCH3 is 1. The molecule has 0 bridgehead atoms. The van der Waals surface area contributed by atoms with E-state index in [0.29, 0.717) is 26.6 Å². The Morgan fingerprint density at radius 1 is 1.36 bits per heavy atom. The number of rotatable bonds is 6. The average molecular weight is 428 g/mol. The molecule has 2 aromatic rings. The van der Waals surface area contributed by atoms with Crippen molar-refractivity contribution in [2.24, 2.45) is 5.10 Å². The van der Waals surface area contributed by atoms with E-state index in [-0.39, 0.29) is 12.4 Å². The first-order chi connectivity index (χ1) is 11.9. The number of benzene rings is 2. The average Bonchev–Trinajstić information content (AvgIpc) is 2.57. The third-order valence-electron chi connectivity index (χ3n) is 3.17. The number of halogens is 2. The topological polar surface area (TPSA) is 80.2 Å². The zero-order chi connectivity index (χ0) is 18.4. The highest BCUT2D eigenvalue weighted by Crippen LogP contribution is 2.34. The van der Waals surface area contributed by atoms with Gasteiger partial charge >= 0.3 is 0 Å². The third-order valence-corrected chi connectivity index (χ3v) is 4.01. The van der Waals surface area contributed by atoms with E-state index >= 15 is 0 Å². The number of carbonyl (C=O) groups excluding carboxylic acids is 1. The molecule has 0 heterocycles. The molecule has 0 unspecified atom stereocenters. The smallest absolute Gasteiger partial charge is 0.277 e. The quantitative estimate of drug-likeness (QED) is 0.545. The number of phenolic OH excluding ortho intramolecular Hbond substituents is 1. The molecule has 0 aliphatic heterocycles. The van der Waals surface area contributed by atoms with Gasteiger partial charge in [0.05, 0.1) is 17.8 Å². The van der Waals surface area contributed by atoms with Gasteiger partial charge in [-0.05, 0) is 64.3 Å². The van der Waals surface area contributed by atoms with Crippen LogP contribution in [-0.2, 0) is 4.79 Å². The van der Waals surface area contributed by atoms with Gasteiger partial charge in [0, 0.05) is 5.02 Å². The Morgan fingerprint density at radius 3 is 2.80 bits per heavy atom. The lowest BCUT2D eigenvalue weighted by Gasteiger charge is -2.08. The minimum absolute atomic E-state index is 0.00424. The summed E-state index contributed by atoms with van der Waals surface area (Å²) < 4.78 is 10.9. The molecule has 0 saturated carbocycles. The van der Waals surface area contributed by atoms with E-state index in [1.807, 2.05) is 6.92 Å². The number of phenols is 1. The standard InChI is InChI=1S/C17H16BrClN2O4/c1-10-5-12(19)3-4-14(10)25-9-16(22)21-20-8-11-6-13(18)17(23)15(7-11)24-2/h3-8,23H,9H2,1-2H3,(H,21,22). The van der Waals surface area contributed by atoms with E-state index in [2.05, 4.69) is 26.5 Å². The van der Waals surface area contributed by atoms with E-state index < -0.39 is 5.91 Å². The highest BCUT2D eigenvalue weighted by molar-refractivity contribution is 9.10. The molecule has 2 aromatic carbocycles. The van der Waals surface area contributed by atoms with E-state index in [0.717, 1.165) is 5.56 Å². The molecule has 0 saturated heterocycles. The van der Waals surface area contributed by atoms with Gasteiger partial charge < -0.3 is 14.6 Å². The van der Waals surface area contributed by atoms with Gasteiger partial charge in [0.15, 0.2) is 18.1 Å². The van der Waals surface area contributed by atoms with Crippen LogP contribution >= 0.6 is 27.5 Å². The van der Waals surface area contributed by atoms with Crippen molar-refractivity contribution in [1.29, 1.82) is 0 Å². The summed E-state index contributed by atoms with van der Waals surface area (Å²) in [4.78, 5) is 11.8. The normalized spacial score (nSPS) is 10.7. The largest absolute Gasteiger partial charge is 0.503 e. The first kappa shape index (κ1) is 19.1. The van der Waals surface area contributed by atoms with Gasteiger partial charge in [-0.1, -0.05) is 11.6 Å². The predicted octanol–water partition coefficient (Wildman–Crippen LogP) is 3.65. The van der Waals surface area contributed by atoms with Crippen LogP contribution in [0.4, 0.5) is 0 Å². The van der Waals surface area contributed by atoms with E-state index in [1.54, 1.807) is 30.3 Å². The molecule has 0 aliphatic carbocycles. The van der Waals surface area contributed by atoms with Crippen LogP contribution in [0, 0.1) is 6.92 Å². The number of aryl methyl sites for hydroxylation is 1. The molecule has 132 valence electrons. The van der Waals surface area contributed by atoms with Gasteiger partial charge in [-0.3, -0.25) is 4.79 Å². The Morgan fingerprint density at radius 2 is 2.12 bits per heavy atom.